The molecule has 0 saturated heterocycles. The smallest absolute Gasteiger partial charge is 0.169 e. The lowest BCUT2D eigenvalue weighted by Crippen LogP contribution is -1.96. The molecule has 0 radical (unpaired) electrons. The molecule has 0 aromatic carbocycles. The van der Waals surface area contributed by atoms with Crippen molar-refractivity contribution in [2.24, 2.45) is 0 Å². The van der Waals surface area contributed by atoms with Gasteiger partial charge in [0.1, 0.15) is 0 Å². The third-order valence-electron chi connectivity index (χ3n) is 1.29. The minimum absolute atomic E-state index is 0.105. The summed E-state index contributed by atoms with van der Waals surface area (Å²) in [6, 6.07) is 0. The van der Waals surface area contributed by atoms with Crippen LogP contribution in [0.3, 0.4) is 0 Å². The molecular weight excluding hydrogens is 160 g/mol. The van der Waals surface area contributed by atoms with E-state index in [2.05, 4.69) is 23.7 Å². The standard InChI is InChI=1S/C12H9O/c1-5-7-9-10(3)12(8-6-2)11(4)13/h2-4H3/q-1/b12-10+. The molecule has 0 aliphatic rings. The molecule has 0 amide bonds. The quantitative estimate of drug-likeness (QED) is 0.330. The number of ketones is 1. The van der Waals surface area contributed by atoms with Gasteiger partial charge >= 0.3 is 0 Å². The number of carbonyl (C=O) groups is 1. The van der Waals surface area contributed by atoms with Crippen molar-refractivity contribution in [1.82, 2.24) is 0 Å². The van der Waals surface area contributed by atoms with Gasteiger partial charge in [-0.05, 0) is 26.3 Å². The maximum absolute atomic E-state index is 11.0. The van der Waals surface area contributed by atoms with Gasteiger partial charge in [0.2, 0.25) is 0 Å². The minimum atomic E-state index is -0.105. The molecule has 0 heterocycles. The van der Waals surface area contributed by atoms with Crippen LogP contribution in [0.5, 0.6) is 0 Å². The summed E-state index contributed by atoms with van der Waals surface area (Å²) in [6.45, 7) is 4.80. The van der Waals surface area contributed by atoms with Gasteiger partial charge < -0.3 is 6.42 Å². The van der Waals surface area contributed by atoms with Gasteiger partial charge in [0.15, 0.2) is 5.78 Å². The molecule has 13 heavy (non-hydrogen) atoms. The third kappa shape index (κ3) is 3.85. The Balaban J connectivity index is 5.20. The Morgan fingerprint density at radius 3 is 2.23 bits per heavy atom. The summed E-state index contributed by atoms with van der Waals surface area (Å²) in [6.07, 6.45) is 6.58. The first kappa shape index (κ1) is 11.1. The zero-order valence-electron chi connectivity index (χ0n) is 7.91. The lowest BCUT2D eigenvalue weighted by atomic mass is 10.1. The van der Waals surface area contributed by atoms with Gasteiger partial charge in [-0.2, -0.15) is 5.92 Å². The maximum atomic E-state index is 11.0. The summed E-state index contributed by atoms with van der Waals surface area (Å²) in [4.78, 5) is 11.0. The molecule has 0 aromatic heterocycles. The molecule has 1 nitrogen and oxygen atoms in total. The van der Waals surface area contributed by atoms with Gasteiger partial charge in [-0.25, -0.2) is 5.92 Å². The first-order chi connectivity index (χ1) is 6.13. The largest absolute Gasteiger partial charge is 0.358 e. The van der Waals surface area contributed by atoms with Gasteiger partial charge in [-0.1, -0.05) is 5.92 Å². The molecule has 0 atom stereocenters. The number of hydrogen-bond donors (Lipinski definition) is 0. The highest BCUT2D eigenvalue weighted by Crippen LogP contribution is 2.02. The van der Waals surface area contributed by atoms with Crippen LogP contribution in [0.25, 0.3) is 0 Å². The highest BCUT2D eigenvalue weighted by Gasteiger charge is 2.01. The van der Waals surface area contributed by atoms with Crippen LogP contribution in [0.2, 0.25) is 0 Å². The SMILES string of the molecule is [C-]#CC#C/C(C)=C(\C#CC)C(C)=O. The van der Waals surface area contributed by atoms with Crippen LogP contribution in [-0.2, 0) is 4.79 Å². The molecule has 0 spiro atoms. The van der Waals surface area contributed by atoms with E-state index in [4.69, 9.17) is 6.42 Å². The van der Waals surface area contributed by atoms with E-state index >= 15 is 0 Å². The first-order valence-electron chi connectivity index (χ1n) is 3.70. The second-order valence-corrected chi connectivity index (χ2v) is 2.31. The molecule has 0 rings (SSSR count). The molecule has 0 aromatic rings. The zero-order chi connectivity index (χ0) is 10.3. The van der Waals surface area contributed by atoms with Crippen molar-refractivity contribution in [3.8, 4) is 29.6 Å². The molecule has 0 aliphatic carbocycles. The number of rotatable bonds is 1. The summed E-state index contributed by atoms with van der Waals surface area (Å²) in [5, 5.41) is 0. The summed E-state index contributed by atoms with van der Waals surface area (Å²) in [5.74, 6) is 12.1. The summed E-state index contributed by atoms with van der Waals surface area (Å²) < 4.78 is 0. The number of hydrogen-bond acceptors (Lipinski definition) is 1. The van der Waals surface area contributed by atoms with Crippen molar-refractivity contribution >= 4 is 5.78 Å². The van der Waals surface area contributed by atoms with Crippen molar-refractivity contribution in [2.75, 3.05) is 0 Å². The van der Waals surface area contributed by atoms with Crippen LogP contribution >= 0.6 is 0 Å². The fourth-order valence-electron chi connectivity index (χ4n) is 0.758. The van der Waals surface area contributed by atoms with Crippen molar-refractivity contribution in [3.05, 3.63) is 17.6 Å². The first-order valence-corrected chi connectivity index (χ1v) is 3.70. The maximum Gasteiger partial charge on any atom is 0.169 e. The Labute approximate surface area is 79.2 Å². The second kappa shape index (κ2) is 5.70. The van der Waals surface area contributed by atoms with Crippen molar-refractivity contribution in [3.63, 3.8) is 0 Å². The van der Waals surface area contributed by atoms with E-state index in [9.17, 15) is 4.79 Å². The Hall–Kier alpha value is -1.91. The Kier molecular flexibility index (Phi) is 4.87. The van der Waals surface area contributed by atoms with Crippen LogP contribution in [0.15, 0.2) is 11.1 Å². The normalized spacial score (nSPS) is 9.38. The fourth-order valence-corrected chi connectivity index (χ4v) is 0.758. The molecule has 0 unspecified atom stereocenters. The van der Waals surface area contributed by atoms with Gasteiger partial charge in [0, 0.05) is 0 Å². The molecule has 64 valence electrons. The van der Waals surface area contributed by atoms with E-state index in [-0.39, 0.29) is 5.78 Å². The van der Waals surface area contributed by atoms with Crippen LogP contribution in [0.4, 0.5) is 0 Å². The van der Waals surface area contributed by atoms with Gasteiger partial charge in [-0.15, -0.1) is 5.92 Å². The van der Waals surface area contributed by atoms with Gasteiger partial charge in [0.25, 0.3) is 0 Å². The Bertz CT molecular complexity index is 394. The second-order valence-electron chi connectivity index (χ2n) is 2.31. The average Bonchev–Trinajstić information content (AvgIpc) is 2.09. The predicted octanol–water partition coefficient (Wildman–Crippen LogP) is 1.51. The van der Waals surface area contributed by atoms with E-state index < -0.39 is 0 Å². The molecule has 1 heteroatoms. The fraction of sp³-hybridized carbons (Fsp3) is 0.250. The average molecular weight is 169 g/mol. The zero-order valence-corrected chi connectivity index (χ0v) is 7.91. The van der Waals surface area contributed by atoms with Crippen LogP contribution in [0, 0.1) is 36.0 Å². The highest BCUT2D eigenvalue weighted by molar-refractivity contribution is 5.99. The van der Waals surface area contributed by atoms with E-state index in [1.54, 1.807) is 13.8 Å². The molecule has 0 aliphatic heterocycles. The molecular formula is C12H9O-. The Morgan fingerprint density at radius 2 is 1.85 bits per heavy atom. The topological polar surface area (TPSA) is 17.1 Å². The summed E-state index contributed by atoms with van der Waals surface area (Å²) in [5.41, 5.74) is 0.992. The molecule has 0 saturated carbocycles. The van der Waals surface area contributed by atoms with Crippen molar-refractivity contribution < 1.29 is 4.79 Å². The Morgan fingerprint density at radius 1 is 1.23 bits per heavy atom. The van der Waals surface area contributed by atoms with Crippen molar-refractivity contribution in [2.45, 2.75) is 20.8 Å². The molecule has 0 fully saturated rings. The van der Waals surface area contributed by atoms with Crippen molar-refractivity contribution in [1.29, 1.82) is 0 Å². The summed E-state index contributed by atoms with van der Waals surface area (Å²) >= 11 is 0. The lowest BCUT2D eigenvalue weighted by Gasteiger charge is -1.96. The van der Waals surface area contributed by atoms with E-state index in [1.807, 2.05) is 5.92 Å². The van der Waals surface area contributed by atoms with Crippen LogP contribution in [0.1, 0.15) is 20.8 Å². The minimum Gasteiger partial charge on any atom is -0.358 e. The van der Waals surface area contributed by atoms with E-state index in [1.165, 1.54) is 6.92 Å². The molecule has 0 bridgehead atoms. The van der Waals surface area contributed by atoms with Gasteiger partial charge in [-0.3, -0.25) is 10.7 Å². The van der Waals surface area contributed by atoms with E-state index in [0.717, 1.165) is 0 Å². The predicted molar refractivity (Wildman–Crippen MR) is 51.7 cm³/mol. The summed E-state index contributed by atoms with van der Waals surface area (Å²) in [7, 11) is 0. The monoisotopic (exact) mass is 169 g/mol. The number of carbonyl (C=O) groups excluding carboxylic acids is 1. The van der Waals surface area contributed by atoms with Crippen LogP contribution < -0.4 is 0 Å². The number of allylic oxidation sites excluding steroid dienone is 2. The van der Waals surface area contributed by atoms with Crippen LogP contribution in [-0.4, -0.2) is 5.78 Å². The van der Waals surface area contributed by atoms with E-state index in [0.29, 0.717) is 11.1 Å². The van der Waals surface area contributed by atoms with Gasteiger partial charge in [0.05, 0.1) is 5.57 Å². The number of Topliss-reactive ketones (excluding diaryl/α,β-unsaturated/α-hetero) is 1. The third-order valence-corrected chi connectivity index (χ3v) is 1.29. The molecule has 0 N–H and O–H groups in total. The highest BCUT2D eigenvalue weighted by atomic mass is 16.1. The lowest BCUT2D eigenvalue weighted by molar-refractivity contribution is -0.113.